The van der Waals surface area contributed by atoms with Crippen molar-refractivity contribution >= 4 is 66.7 Å². The van der Waals surface area contributed by atoms with Crippen molar-refractivity contribution in [3.05, 3.63) is 46.2 Å². The van der Waals surface area contributed by atoms with Crippen LogP contribution in [0.5, 0.6) is 0 Å². The Labute approximate surface area is 151 Å². The number of hydrogen-bond donors (Lipinski definition) is 2. The Balaban J connectivity index is 1.78. The Bertz CT molecular complexity index is 966. The highest BCUT2D eigenvalue weighted by Gasteiger charge is 2.19. The summed E-state index contributed by atoms with van der Waals surface area (Å²) in [4.78, 5) is 25.9. The summed E-state index contributed by atoms with van der Waals surface area (Å²) in [6.45, 7) is 0. The first-order chi connectivity index (χ1) is 11.5. The lowest BCUT2D eigenvalue weighted by Gasteiger charge is -1.96. The predicted octanol–water partition coefficient (Wildman–Crippen LogP) is 5.82. The van der Waals surface area contributed by atoms with E-state index in [1.807, 2.05) is 12.1 Å². The molecule has 0 radical (unpaired) electrons. The third-order valence-electron chi connectivity index (χ3n) is 3.45. The molecule has 4 heterocycles. The Kier molecular flexibility index (Phi) is 3.76. The van der Waals surface area contributed by atoms with E-state index in [1.54, 1.807) is 22.9 Å². The van der Waals surface area contributed by atoms with E-state index in [-0.39, 0.29) is 0 Å². The molecule has 0 saturated heterocycles. The smallest absolute Gasteiger partial charge is 0.337 e. The Morgan fingerprint density at radius 2 is 1.17 bits per heavy atom. The zero-order valence-electron chi connectivity index (χ0n) is 11.8. The van der Waals surface area contributed by atoms with Gasteiger partial charge in [0, 0.05) is 19.2 Å². The van der Waals surface area contributed by atoms with Crippen molar-refractivity contribution in [2.45, 2.75) is 0 Å². The molecule has 4 nitrogen and oxygen atoms in total. The van der Waals surface area contributed by atoms with Gasteiger partial charge in [-0.15, -0.1) is 45.3 Å². The van der Waals surface area contributed by atoms with Gasteiger partial charge >= 0.3 is 11.9 Å². The molecule has 2 N–H and O–H groups in total. The minimum atomic E-state index is -0.923. The molecule has 4 rings (SSSR count). The molecule has 0 bridgehead atoms. The first-order valence-electron chi connectivity index (χ1n) is 6.70. The van der Waals surface area contributed by atoms with Crippen molar-refractivity contribution in [3.63, 3.8) is 0 Å². The van der Waals surface area contributed by atoms with E-state index < -0.39 is 11.9 Å². The van der Waals surface area contributed by atoms with Gasteiger partial charge in [-0.3, -0.25) is 0 Å². The maximum absolute atomic E-state index is 11.3. The van der Waals surface area contributed by atoms with Gasteiger partial charge in [0.15, 0.2) is 0 Å². The molecule has 0 saturated carbocycles. The van der Waals surface area contributed by atoms with Crippen LogP contribution >= 0.6 is 45.3 Å². The van der Waals surface area contributed by atoms with Crippen LogP contribution in [0.3, 0.4) is 0 Å². The van der Waals surface area contributed by atoms with Gasteiger partial charge in [-0.05, 0) is 35.0 Å². The number of aromatic carboxylic acids is 2. The Morgan fingerprint density at radius 3 is 1.54 bits per heavy atom. The van der Waals surface area contributed by atoms with Crippen molar-refractivity contribution in [2.24, 2.45) is 0 Å². The molecule has 0 aromatic carbocycles. The second kappa shape index (κ2) is 5.82. The summed E-state index contributed by atoms with van der Waals surface area (Å²) in [6.07, 6.45) is 0. The summed E-state index contributed by atoms with van der Waals surface area (Å²) in [5.41, 5.74) is 0.640. The lowest BCUT2D eigenvalue weighted by Crippen LogP contribution is -1.94. The largest absolute Gasteiger partial charge is 0.478 e. The van der Waals surface area contributed by atoms with Crippen LogP contribution < -0.4 is 0 Å². The third kappa shape index (κ3) is 2.48. The number of carboxylic acids is 2. The SMILES string of the molecule is O=C(O)c1ccsc1-c1cc2sc(-c3sccc3C(=O)O)cc2s1. The molecule has 24 heavy (non-hydrogen) atoms. The molecule has 4 aromatic heterocycles. The van der Waals surface area contributed by atoms with Gasteiger partial charge in [-0.1, -0.05) is 0 Å². The van der Waals surface area contributed by atoms with Crippen LogP contribution in [-0.2, 0) is 0 Å². The van der Waals surface area contributed by atoms with Crippen molar-refractivity contribution in [1.29, 1.82) is 0 Å². The quantitative estimate of drug-likeness (QED) is 0.459. The van der Waals surface area contributed by atoms with E-state index in [0.29, 0.717) is 11.1 Å². The van der Waals surface area contributed by atoms with E-state index in [0.717, 1.165) is 28.9 Å². The highest BCUT2D eigenvalue weighted by atomic mass is 32.1. The lowest BCUT2D eigenvalue weighted by molar-refractivity contribution is 0.0687. The van der Waals surface area contributed by atoms with Crippen LogP contribution in [0.1, 0.15) is 20.7 Å². The fourth-order valence-electron chi connectivity index (χ4n) is 2.40. The summed E-state index contributed by atoms with van der Waals surface area (Å²) in [7, 11) is 0. The first-order valence-corrected chi connectivity index (χ1v) is 10.1. The van der Waals surface area contributed by atoms with E-state index in [1.165, 1.54) is 45.3 Å². The summed E-state index contributed by atoms with van der Waals surface area (Å²) in [6, 6.07) is 7.21. The van der Waals surface area contributed by atoms with Crippen LogP contribution in [-0.4, -0.2) is 22.2 Å². The fourth-order valence-corrected chi connectivity index (χ4v) is 6.83. The highest BCUT2D eigenvalue weighted by molar-refractivity contribution is 7.33. The molecule has 0 aliphatic heterocycles. The van der Waals surface area contributed by atoms with Crippen molar-refractivity contribution < 1.29 is 19.8 Å². The van der Waals surface area contributed by atoms with Crippen LogP contribution in [0.4, 0.5) is 0 Å². The van der Waals surface area contributed by atoms with Gasteiger partial charge < -0.3 is 10.2 Å². The van der Waals surface area contributed by atoms with E-state index in [9.17, 15) is 19.8 Å². The van der Waals surface area contributed by atoms with Crippen LogP contribution in [0.15, 0.2) is 35.0 Å². The van der Waals surface area contributed by atoms with Gasteiger partial charge in [0.2, 0.25) is 0 Å². The highest BCUT2D eigenvalue weighted by Crippen LogP contribution is 2.45. The number of thiophene rings is 4. The molecule has 120 valence electrons. The minimum Gasteiger partial charge on any atom is -0.478 e. The molecule has 0 spiro atoms. The molecule has 0 unspecified atom stereocenters. The molecule has 0 aliphatic carbocycles. The van der Waals surface area contributed by atoms with Gasteiger partial charge in [-0.2, -0.15) is 0 Å². The maximum atomic E-state index is 11.3. The number of rotatable bonds is 4. The number of carboxylic acid groups (broad SMARTS) is 2. The van der Waals surface area contributed by atoms with Crippen molar-refractivity contribution in [3.8, 4) is 19.5 Å². The lowest BCUT2D eigenvalue weighted by atomic mass is 10.2. The van der Waals surface area contributed by atoms with Gasteiger partial charge in [0.1, 0.15) is 0 Å². The molecule has 4 aromatic rings. The Morgan fingerprint density at radius 1 is 0.750 bits per heavy atom. The number of fused-ring (bicyclic) bond motifs is 1. The van der Waals surface area contributed by atoms with Crippen molar-refractivity contribution in [1.82, 2.24) is 0 Å². The summed E-state index contributed by atoms with van der Waals surface area (Å²) in [5.74, 6) is -1.85. The fraction of sp³-hybridized carbons (Fsp3) is 0. The van der Waals surface area contributed by atoms with Crippen molar-refractivity contribution in [2.75, 3.05) is 0 Å². The van der Waals surface area contributed by atoms with E-state index in [2.05, 4.69) is 0 Å². The monoisotopic (exact) mass is 392 g/mol. The molecular formula is C16H8O4S4. The second-order valence-electron chi connectivity index (χ2n) is 4.89. The van der Waals surface area contributed by atoms with Crippen LogP contribution in [0, 0.1) is 0 Å². The van der Waals surface area contributed by atoms with Gasteiger partial charge in [0.25, 0.3) is 0 Å². The topological polar surface area (TPSA) is 74.6 Å². The standard InChI is InChI=1S/C16H8O4S4/c17-15(18)7-1-3-21-13(7)11-5-9-10(23-11)6-12(24-9)14-8(16(19)20)2-4-22-14/h1-6H,(H,17,18)(H,19,20). The summed E-state index contributed by atoms with van der Waals surface area (Å²) < 4.78 is 2.08. The molecule has 8 heteroatoms. The van der Waals surface area contributed by atoms with Crippen LogP contribution in [0.2, 0.25) is 0 Å². The molecule has 0 aliphatic rings. The van der Waals surface area contributed by atoms with Crippen LogP contribution in [0.25, 0.3) is 28.9 Å². The predicted molar refractivity (Wildman–Crippen MR) is 100 cm³/mol. The maximum Gasteiger partial charge on any atom is 0.337 e. The van der Waals surface area contributed by atoms with Gasteiger partial charge in [-0.25, -0.2) is 9.59 Å². The number of hydrogen-bond acceptors (Lipinski definition) is 6. The third-order valence-corrected chi connectivity index (χ3v) is 7.93. The zero-order valence-corrected chi connectivity index (χ0v) is 15.1. The Hall–Kier alpha value is -2.00. The molecule has 0 atom stereocenters. The summed E-state index contributed by atoms with van der Waals surface area (Å²) in [5, 5.41) is 22.1. The molecule has 0 fully saturated rings. The molecular weight excluding hydrogens is 384 g/mol. The molecule has 0 amide bonds. The zero-order chi connectivity index (χ0) is 16.8. The van der Waals surface area contributed by atoms with E-state index in [4.69, 9.17) is 0 Å². The van der Waals surface area contributed by atoms with Gasteiger partial charge in [0.05, 0.1) is 20.9 Å². The number of carbonyl (C=O) groups is 2. The van der Waals surface area contributed by atoms with E-state index >= 15 is 0 Å². The normalized spacial score (nSPS) is 11.2. The average molecular weight is 393 g/mol. The first kappa shape index (κ1) is 15.5. The second-order valence-corrected chi connectivity index (χ2v) is 8.89. The average Bonchev–Trinajstić information content (AvgIpc) is 3.27. The summed E-state index contributed by atoms with van der Waals surface area (Å²) >= 11 is 5.90. The minimum absolute atomic E-state index is 0.320.